The molecule has 0 spiro atoms. The highest BCUT2D eigenvalue weighted by Gasteiger charge is 2.35. The van der Waals surface area contributed by atoms with Crippen LogP contribution in [0.1, 0.15) is 87.3 Å². The van der Waals surface area contributed by atoms with E-state index < -0.39 is 18.4 Å². The lowest BCUT2D eigenvalue weighted by Gasteiger charge is -2.31. The van der Waals surface area contributed by atoms with Gasteiger partial charge in [-0.3, -0.25) is 10.00 Å². The molecule has 150 valence electrons. The Morgan fingerprint density at radius 3 is 2.22 bits per heavy atom. The molecule has 0 aromatic carbocycles. The van der Waals surface area contributed by atoms with E-state index in [1.165, 1.54) is 31.2 Å². The van der Waals surface area contributed by atoms with Crippen LogP contribution in [0.3, 0.4) is 0 Å². The minimum Gasteiger partial charge on any atom is -0.446 e. The summed E-state index contributed by atoms with van der Waals surface area (Å²) in [6, 6.07) is 0. The van der Waals surface area contributed by atoms with E-state index >= 15 is 0 Å². The number of halogens is 2. The first kappa shape index (κ1) is 18.7. The first-order valence-corrected chi connectivity index (χ1v) is 10.4. The molecule has 0 unspecified atom stereocenters. The van der Waals surface area contributed by atoms with Gasteiger partial charge in [0.2, 0.25) is 6.43 Å². The zero-order chi connectivity index (χ0) is 19.0. The maximum Gasteiger partial charge on any atom is 0.413 e. The third kappa shape index (κ3) is 3.83. The highest BCUT2D eigenvalue weighted by atomic mass is 19.3. The second-order valence-corrected chi connectivity index (χ2v) is 8.43. The summed E-state index contributed by atoms with van der Waals surface area (Å²) in [5.41, 5.74) is 2.35. The van der Waals surface area contributed by atoms with Crippen LogP contribution in [-0.4, -0.2) is 28.4 Å². The van der Waals surface area contributed by atoms with E-state index in [2.05, 4.69) is 5.32 Å². The average molecular weight is 381 g/mol. The second kappa shape index (κ2) is 7.76. The number of alkyl halides is 2. The van der Waals surface area contributed by atoms with Crippen LogP contribution in [0.25, 0.3) is 0 Å². The number of rotatable bonds is 5. The molecule has 0 radical (unpaired) electrons. The van der Waals surface area contributed by atoms with Gasteiger partial charge in [-0.05, 0) is 57.3 Å². The topological polar surface area (TPSA) is 56.2 Å². The van der Waals surface area contributed by atoms with Crippen LogP contribution in [0, 0.1) is 5.92 Å². The summed E-state index contributed by atoms with van der Waals surface area (Å²) in [7, 11) is 1.87. The fourth-order valence-electron chi connectivity index (χ4n) is 4.53. The van der Waals surface area contributed by atoms with Crippen molar-refractivity contribution < 1.29 is 18.3 Å². The van der Waals surface area contributed by atoms with Crippen molar-refractivity contribution in [1.29, 1.82) is 0 Å². The molecule has 1 amide bonds. The summed E-state index contributed by atoms with van der Waals surface area (Å²) in [6.45, 7) is 0. The van der Waals surface area contributed by atoms with Crippen molar-refractivity contribution in [2.24, 2.45) is 13.0 Å². The maximum atomic E-state index is 12.8. The number of hydrogen-bond donors (Lipinski definition) is 1. The van der Waals surface area contributed by atoms with Crippen LogP contribution in [0.2, 0.25) is 0 Å². The van der Waals surface area contributed by atoms with Gasteiger partial charge in [0.25, 0.3) is 0 Å². The van der Waals surface area contributed by atoms with Crippen LogP contribution in [-0.2, 0) is 11.8 Å². The molecular formula is C20H29F2N3O2. The van der Waals surface area contributed by atoms with Crippen LogP contribution in [0.5, 0.6) is 0 Å². The summed E-state index contributed by atoms with van der Waals surface area (Å²) in [5, 5.41) is 7.65. The molecule has 3 aliphatic rings. The van der Waals surface area contributed by atoms with Crippen LogP contribution >= 0.6 is 0 Å². The molecule has 0 saturated heterocycles. The van der Waals surface area contributed by atoms with Crippen molar-refractivity contribution in [3.8, 4) is 0 Å². The lowest BCUT2D eigenvalue weighted by Crippen LogP contribution is -2.29. The molecule has 1 heterocycles. The SMILES string of the molecule is Cn1nc(C2CCC2)c(C2CCC2)c1NC(=O)OC1CCC(C(F)F)CC1. The number of nitrogens with zero attached hydrogens (tertiary/aromatic N) is 2. The fourth-order valence-corrected chi connectivity index (χ4v) is 4.53. The normalized spacial score (nSPS) is 26.5. The summed E-state index contributed by atoms with van der Waals surface area (Å²) in [6.07, 6.45) is 5.93. The largest absolute Gasteiger partial charge is 0.446 e. The molecule has 3 aliphatic carbocycles. The van der Waals surface area contributed by atoms with Gasteiger partial charge < -0.3 is 4.74 Å². The molecule has 0 atom stereocenters. The molecule has 0 aliphatic heterocycles. The first-order chi connectivity index (χ1) is 13.0. The molecule has 27 heavy (non-hydrogen) atoms. The predicted octanol–water partition coefficient (Wildman–Crippen LogP) is 5.33. The Bertz CT molecular complexity index is 675. The van der Waals surface area contributed by atoms with Crippen LogP contribution < -0.4 is 5.32 Å². The molecular weight excluding hydrogens is 352 g/mol. The minimum atomic E-state index is -2.27. The molecule has 4 rings (SSSR count). The number of amides is 1. The number of aryl methyl sites for hydroxylation is 1. The summed E-state index contributed by atoms with van der Waals surface area (Å²) in [5.74, 6) is 1.20. The van der Waals surface area contributed by atoms with Crippen LogP contribution in [0.4, 0.5) is 19.4 Å². The molecule has 0 bridgehead atoms. The Hall–Kier alpha value is -1.66. The van der Waals surface area contributed by atoms with Crippen molar-refractivity contribution in [1.82, 2.24) is 9.78 Å². The Morgan fingerprint density at radius 1 is 1.07 bits per heavy atom. The van der Waals surface area contributed by atoms with Crippen molar-refractivity contribution in [2.75, 3.05) is 5.32 Å². The van der Waals surface area contributed by atoms with Gasteiger partial charge in [0.15, 0.2) is 0 Å². The van der Waals surface area contributed by atoms with Crippen LogP contribution in [0.15, 0.2) is 0 Å². The zero-order valence-corrected chi connectivity index (χ0v) is 15.9. The van der Waals surface area contributed by atoms with Gasteiger partial charge in [0.1, 0.15) is 11.9 Å². The zero-order valence-electron chi connectivity index (χ0n) is 15.9. The van der Waals surface area contributed by atoms with E-state index in [1.54, 1.807) is 4.68 Å². The van der Waals surface area contributed by atoms with E-state index in [0.717, 1.165) is 24.4 Å². The first-order valence-electron chi connectivity index (χ1n) is 10.4. The molecule has 7 heteroatoms. The molecule has 1 N–H and O–H groups in total. The van der Waals surface area contributed by atoms with Gasteiger partial charge in [0.05, 0.1) is 5.69 Å². The van der Waals surface area contributed by atoms with Gasteiger partial charge in [0, 0.05) is 24.4 Å². The van der Waals surface area contributed by atoms with Crippen molar-refractivity contribution >= 4 is 11.9 Å². The highest BCUT2D eigenvalue weighted by molar-refractivity contribution is 5.85. The van der Waals surface area contributed by atoms with Gasteiger partial charge in [-0.15, -0.1) is 0 Å². The average Bonchev–Trinajstić information content (AvgIpc) is 2.81. The third-order valence-electron chi connectivity index (χ3n) is 6.69. The maximum absolute atomic E-state index is 12.8. The number of aromatic nitrogens is 2. The Balaban J connectivity index is 1.41. The highest BCUT2D eigenvalue weighted by Crippen LogP contribution is 2.47. The predicted molar refractivity (Wildman–Crippen MR) is 98.2 cm³/mol. The van der Waals surface area contributed by atoms with E-state index in [0.29, 0.717) is 37.5 Å². The minimum absolute atomic E-state index is 0.272. The van der Waals surface area contributed by atoms with Crippen molar-refractivity contribution in [3.63, 3.8) is 0 Å². The number of hydrogen-bond acceptors (Lipinski definition) is 3. The summed E-state index contributed by atoms with van der Waals surface area (Å²) >= 11 is 0. The van der Waals surface area contributed by atoms with Crippen molar-refractivity contribution in [3.05, 3.63) is 11.3 Å². The van der Waals surface area contributed by atoms with Gasteiger partial charge in [-0.2, -0.15) is 5.10 Å². The molecule has 3 saturated carbocycles. The molecule has 3 fully saturated rings. The summed E-state index contributed by atoms with van der Waals surface area (Å²) in [4.78, 5) is 12.5. The lowest BCUT2D eigenvalue weighted by molar-refractivity contribution is 0.0168. The fraction of sp³-hybridized carbons (Fsp3) is 0.800. The van der Waals surface area contributed by atoms with E-state index in [1.807, 2.05) is 7.05 Å². The van der Waals surface area contributed by atoms with Gasteiger partial charge >= 0.3 is 6.09 Å². The second-order valence-electron chi connectivity index (χ2n) is 8.43. The standard InChI is InChI=1S/C20H29F2N3O2/c1-25-19(16(12-4-2-5-12)17(24-25)13-6-3-7-13)23-20(26)27-15-10-8-14(9-11-15)18(21)22/h12-15,18H,2-11H2,1H3,(H,23,26). The van der Waals surface area contributed by atoms with Gasteiger partial charge in [-0.1, -0.05) is 12.8 Å². The van der Waals surface area contributed by atoms with E-state index in [-0.39, 0.29) is 6.10 Å². The smallest absolute Gasteiger partial charge is 0.413 e. The molecule has 1 aromatic heterocycles. The number of carbonyl (C=O) groups excluding carboxylic acids is 1. The quantitative estimate of drug-likeness (QED) is 0.750. The summed E-state index contributed by atoms with van der Waals surface area (Å²) < 4.78 is 32.9. The molecule has 1 aromatic rings. The van der Waals surface area contributed by atoms with Gasteiger partial charge in [-0.25, -0.2) is 13.6 Å². The van der Waals surface area contributed by atoms with Crippen molar-refractivity contribution in [2.45, 2.75) is 88.6 Å². The number of nitrogens with one attached hydrogen (secondary N) is 1. The Kier molecular flexibility index (Phi) is 5.37. The lowest BCUT2D eigenvalue weighted by atomic mass is 9.74. The van der Waals surface area contributed by atoms with E-state index in [9.17, 15) is 13.6 Å². The monoisotopic (exact) mass is 381 g/mol. The third-order valence-corrected chi connectivity index (χ3v) is 6.69. The molecule has 5 nitrogen and oxygen atoms in total. The Labute approximate surface area is 158 Å². The number of anilines is 1. The van der Waals surface area contributed by atoms with E-state index in [4.69, 9.17) is 9.84 Å². The Morgan fingerprint density at radius 2 is 1.70 bits per heavy atom. The number of ether oxygens (including phenoxy) is 1. The number of carbonyl (C=O) groups is 1.